The van der Waals surface area contributed by atoms with Gasteiger partial charge in [-0.05, 0) is 18.2 Å². The van der Waals surface area contributed by atoms with E-state index >= 15 is 0 Å². The van der Waals surface area contributed by atoms with Crippen molar-refractivity contribution < 1.29 is 22.7 Å². The highest BCUT2D eigenvalue weighted by molar-refractivity contribution is 7.89. The zero-order chi connectivity index (χ0) is 13.9. The Hall–Kier alpha value is -1.47. The molecule has 1 aromatic rings. The number of carboxylic acids is 1. The lowest BCUT2D eigenvalue weighted by atomic mass is 10.2. The fourth-order valence-electron chi connectivity index (χ4n) is 1.55. The molecule has 100 valence electrons. The summed E-state index contributed by atoms with van der Waals surface area (Å²) in [7, 11) is -3.91. The molecule has 0 aliphatic carbocycles. The first-order valence-corrected chi connectivity index (χ1v) is 6.81. The van der Waals surface area contributed by atoms with E-state index < -0.39 is 26.7 Å². The standard InChI is InChI=1S/C11H14FNO4S/c1-3-13(4-2)18(16,17)10-6-5-8(11(14)15)7-9(10)12/h5-7H,3-4H2,1-2H3,(H,14,15). The smallest absolute Gasteiger partial charge is 0.335 e. The van der Waals surface area contributed by atoms with Crippen LogP contribution in [-0.2, 0) is 10.0 Å². The van der Waals surface area contributed by atoms with E-state index in [4.69, 9.17) is 5.11 Å². The zero-order valence-corrected chi connectivity index (χ0v) is 10.9. The van der Waals surface area contributed by atoms with Crippen LogP contribution in [0.4, 0.5) is 4.39 Å². The molecule has 0 aliphatic rings. The van der Waals surface area contributed by atoms with E-state index in [0.29, 0.717) is 6.07 Å². The maximum Gasteiger partial charge on any atom is 0.335 e. The van der Waals surface area contributed by atoms with E-state index in [2.05, 4.69) is 0 Å². The molecule has 0 amide bonds. The van der Waals surface area contributed by atoms with Gasteiger partial charge in [0.05, 0.1) is 5.56 Å². The van der Waals surface area contributed by atoms with Gasteiger partial charge in [0.25, 0.3) is 0 Å². The Morgan fingerprint density at radius 1 is 1.33 bits per heavy atom. The number of rotatable bonds is 5. The second-order valence-electron chi connectivity index (χ2n) is 3.54. The van der Waals surface area contributed by atoms with Gasteiger partial charge in [0, 0.05) is 13.1 Å². The largest absolute Gasteiger partial charge is 0.478 e. The summed E-state index contributed by atoms with van der Waals surface area (Å²) in [4.78, 5) is 10.1. The van der Waals surface area contributed by atoms with Gasteiger partial charge >= 0.3 is 5.97 Å². The second kappa shape index (κ2) is 5.45. The number of nitrogens with zero attached hydrogens (tertiary/aromatic N) is 1. The van der Waals surface area contributed by atoms with Crippen LogP contribution in [0.15, 0.2) is 23.1 Å². The lowest BCUT2D eigenvalue weighted by Crippen LogP contribution is -2.31. The highest BCUT2D eigenvalue weighted by atomic mass is 32.2. The molecule has 0 spiro atoms. The lowest BCUT2D eigenvalue weighted by molar-refractivity contribution is 0.0696. The van der Waals surface area contributed by atoms with Crippen LogP contribution in [0, 0.1) is 5.82 Å². The maximum atomic E-state index is 13.7. The molecule has 1 aromatic carbocycles. The minimum atomic E-state index is -3.91. The van der Waals surface area contributed by atoms with E-state index in [0.717, 1.165) is 16.4 Å². The Morgan fingerprint density at radius 2 is 1.89 bits per heavy atom. The summed E-state index contributed by atoms with van der Waals surface area (Å²) in [5.74, 6) is -2.36. The Labute approximate surface area is 105 Å². The van der Waals surface area contributed by atoms with E-state index in [1.807, 2.05) is 0 Å². The first kappa shape index (κ1) is 14.6. The highest BCUT2D eigenvalue weighted by Crippen LogP contribution is 2.20. The molecule has 7 heteroatoms. The number of carboxylic acid groups (broad SMARTS) is 1. The van der Waals surface area contributed by atoms with Crippen molar-refractivity contribution in [3.63, 3.8) is 0 Å². The van der Waals surface area contributed by atoms with Crippen LogP contribution in [0.3, 0.4) is 0 Å². The van der Waals surface area contributed by atoms with Gasteiger partial charge in [0.1, 0.15) is 10.7 Å². The number of halogens is 1. The lowest BCUT2D eigenvalue weighted by Gasteiger charge is -2.18. The third-order valence-electron chi connectivity index (χ3n) is 2.50. The SMILES string of the molecule is CCN(CC)S(=O)(=O)c1ccc(C(=O)O)cc1F. The van der Waals surface area contributed by atoms with Crippen molar-refractivity contribution in [2.45, 2.75) is 18.7 Å². The third kappa shape index (κ3) is 2.68. The normalized spacial score (nSPS) is 11.8. The predicted molar refractivity (Wildman–Crippen MR) is 63.5 cm³/mol. The number of hydrogen-bond donors (Lipinski definition) is 1. The summed E-state index contributed by atoms with van der Waals surface area (Å²) < 4.78 is 38.8. The monoisotopic (exact) mass is 275 g/mol. The Kier molecular flexibility index (Phi) is 4.42. The molecular formula is C11H14FNO4S. The van der Waals surface area contributed by atoms with Gasteiger partial charge in [-0.25, -0.2) is 17.6 Å². The molecule has 0 heterocycles. The Balaban J connectivity index is 3.30. The van der Waals surface area contributed by atoms with Crippen LogP contribution in [0.5, 0.6) is 0 Å². The van der Waals surface area contributed by atoms with E-state index in [-0.39, 0.29) is 18.7 Å². The van der Waals surface area contributed by atoms with Gasteiger partial charge in [-0.1, -0.05) is 13.8 Å². The fourth-order valence-corrected chi connectivity index (χ4v) is 3.05. The summed E-state index contributed by atoms with van der Waals surface area (Å²) in [5, 5.41) is 8.68. The van der Waals surface area contributed by atoms with Gasteiger partial charge in [0.15, 0.2) is 0 Å². The van der Waals surface area contributed by atoms with Crippen molar-refractivity contribution in [3.05, 3.63) is 29.6 Å². The molecule has 0 fully saturated rings. The second-order valence-corrected chi connectivity index (χ2v) is 5.45. The number of hydrogen-bond acceptors (Lipinski definition) is 3. The summed E-state index contributed by atoms with van der Waals surface area (Å²) in [6.07, 6.45) is 0. The van der Waals surface area contributed by atoms with E-state index in [1.54, 1.807) is 13.8 Å². The number of aromatic carboxylic acids is 1. The van der Waals surface area contributed by atoms with Gasteiger partial charge in [-0.3, -0.25) is 0 Å². The Morgan fingerprint density at radius 3 is 2.28 bits per heavy atom. The predicted octanol–water partition coefficient (Wildman–Crippen LogP) is 1.55. The molecule has 0 bridgehead atoms. The van der Waals surface area contributed by atoms with Crippen LogP contribution >= 0.6 is 0 Å². The molecule has 0 radical (unpaired) electrons. The topological polar surface area (TPSA) is 74.7 Å². The van der Waals surface area contributed by atoms with Crippen molar-refractivity contribution in [1.82, 2.24) is 4.31 Å². The van der Waals surface area contributed by atoms with Gasteiger partial charge in [-0.15, -0.1) is 0 Å². The molecule has 0 aliphatic heterocycles. The average molecular weight is 275 g/mol. The molecule has 1 N–H and O–H groups in total. The number of carbonyl (C=O) groups is 1. The minimum Gasteiger partial charge on any atom is -0.478 e. The van der Waals surface area contributed by atoms with Crippen molar-refractivity contribution in [3.8, 4) is 0 Å². The third-order valence-corrected chi connectivity index (χ3v) is 4.59. The van der Waals surface area contributed by atoms with E-state index in [1.165, 1.54) is 0 Å². The summed E-state index contributed by atoms with van der Waals surface area (Å²) in [6.45, 7) is 3.73. The zero-order valence-electron chi connectivity index (χ0n) is 10.1. The molecule has 0 aromatic heterocycles. The number of sulfonamides is 1. The van der Waals surface area contributed by atoms with Crippen molar-refractivity contribution in [1.29, 1.82) is 0 Å². The Bertz CT molecular complexity index is 552. The minimum absolute atomic E-state index is 0.221. The van der Waals surface area contributed by atoms with Crippen LogP contribution in [-0.4, -0.2) is 36.9 Å². The van der Waals surface area contributed by atoms with Gasteiger partial charge in [-0.2, -0.15) is 4.31 Å². The van der Waals surface area contributed by atoms with Crippen molar-refractivity contribution in [2.24, 2.45) is 0 Å². The molecule has 1 rings (SSSR count). The average Bonchev–Trinajstić information content (AvgIpc) is 2.29. The van der Waals surface area contributed by atoms with Crippen LogP contribution in [0.2, 0.25) is 0 Å². The van der Waals surface area contributed by atoms with Crippen molar-refractivity contribution >= 4 is 16.0 Å². The van der Waals surface area contributed by atoms with Crippen LogP contribution in [0.25, 0.3) is 0 Å². The molecular weight excluding hydrogens is 261 g/mol. The first-order chi connectivity index (χ1) is 8.34. The fraction of sp³-hybridized carbons (Fsp3) is 0.364. The van der Waals surface area contributed by atoms with Crippen LogP contribution in [0.1, 0.15) is 24.2 Å². The first-order valence-electron chi connectivity index (χ1n) is 5.37. The quantitative estimate of drug-likeness (QED) is 0.884. The van der Waals surface area contributed by atoms with Gasteiger partial charge < -0.3 is 5.11 Å². The molecule has 0 saturated carbocycles. The van der Waals surface area contributed by atoms with Crippen LogP contribution < -0.4 is 0 Å². The molecule has 0 saturated heterocycles. The summed E-state index contributed by atoms with van der Waals surface area (Å²) >= 11 is 0. The van der Waals surface area contributed by atoms with Gasteiger partial charge in [0.2, 0.25) is 10.0 Å². The maximum absolute atomic E-state index is 13.7. The summed E-state index contributed by atoms with van der Waals surface area (Å²) in [6, 6.07) is 2.76. The molecule has 18 heavy (non-hydrogen) atoms. The molecule has 5 nitrogen and oxygen atoms in total. The molecule has 0 atom stereocenters. The summed E-state index contributed by atoms with van der Waals surface area (Å²) in [5.41, 5.74) is -0.286. The number of benzene rings is 1. The molecule has 0 unspecified atom stereocenters. The van der Waals surface area contributed by atoms with Crippen molar-refractivity contribution in [2.75, 3.05) is 13.1 Å². The van der Waals surface area contributed by atoms with E-state index in [9.17, 15) is 17.6 Å². The highest BCUT2D eigenvalue weighted by Gasteiger charge is 2.25.